The highest BCUT2D eigenvalue weighted by molar-refractivity contribution is 5.82. The summed E-state index contributed by atoms with van der Waals surface area (Å²) in [5.74, 6) is -2.64. The van der Waals surface area contributed by atoms with Crippen molar-refractivity contribution in [2.75, 3.05) is 7.11 Å². The normalized spacial score (nSPS) is 26.8. The van der Waals surface area contributed by atoms with Gasteiger partial charge in [0.2, 0.25) is 0 Å². The number of carboxylic acids is 1. The van der Waals surface area contributed by atoms with Crippen LogP contribution in [0.3, 0.4) is 0 Å². The standard InChI is InChI=1S/C9H12O4/c1-13-9(12)7-5-3-2-4-6(7)8(10)11/h2,4,6-7H,3,5H2,1H3,(H,10,11). The Hall–Kier alpha value is -1.32. The molecule has 0 spiro atoms. The number of carboxylic acid groups (broad SMARTS) is 1. The summed E-state index contributed by atoms with van der Waals surface area (Å²) in [4.78, 5) is 21.9. The third-order valence-corrected chi connectivity index (χ3v) is 2.21. The topological polar surface area (TPSA) is 63.6 Å². The minimum atomic E-state index is -0.966. The lowest BCUT2D eigenvalue weighted by Crippen LogP contribution is -2.31. The Morgan fingerprint density at radius 1 is 1.54 bits per heavy atom. The van der Waals surface area contributed by atoms with Crippen molar-refractivity contribution >= 4 is 11.9 Å². The van der Waals surface area contributed by atoms with E-state index in [0.29, 0.717) is 6.42 Å². The van der Waals surface area contributed by atoms with Gasteiger partial charge in [0.1, 0.15) is 0 Å². The van der Waals surface area contributed by atoms with E-state index in [1.54, 1.807) is 12.2 Å². The van der Waals surface area contributed by atoms with E-state index in [1.807, 2.05) is 0 Å². The SMILES string of the molecule is COC(=O)C1CCC=CC1C(=O)O. The van der Waals surface area contributed by atoms with Crippen molar-refractivity contribution in [3.05, 3.63) is 12.2 Å². The predicted molar refractivity (Wildman–Crippen MR) is 45.0 cm³/mol. The van der Waals surface area contributed by atoms with E-state index in [2.05, 4.69) is 4.74 Å². The maximum absolute atomic E-state index is 11.2. The third kappa shape index (κ3) is 2.08. The Morgan fingerprint density at radius 3 is 2.77 bits per heavy atom. The molecule has 1 aliphatic carbocycles. The van der Waals surface area contributed by atoms with Crippen LogP contribution in [0.1, 0.15) is 12.8 Å². The molecule has 13 heavy (non-hydrogen) atoms. The molecule has 0 heterocycles. The van der Waals surface area contributed by atoms with E-state index in [0.717, 1.165) is 6.42 Å². The number of methoxy groups -OCH3 is 1. The van der Waals surface area contributed by atoms with Gasteiger partial charge in [0.25, 0.3) is 0 Å². The molecule has 0 amide bonds. The smallest absolute Gasteiger partial charge is 0.311 e. The van der Waals surface area contributed by atoms with Crippen LogP contribution in [0, 0.1) is 11.8 Å². The van der Waals surface area contributed by atoms with Gasteiger partial charge in [-0.05, 0) is 12.8 Å². The lowest BCUT2D eigenvalue weighted by Gasteiger charge is -2.21. The number of hydrogen-bond donors (Lipinski definition) is 1. The lowest BCUT2D eigenvalue weighted by atomic mass is 9.84. The zero-order valence-corrected chi connectivity index (χ0v) is 7.40. The molecular weight excluding hydrogens is 172 g/mol. The highest BCUT2D eigenvalue weighted by Crippen LogP contribution is 2.25. The van der Waals surface area contributed by atoms with Crippen molar-refractivity contribution in [1.82, 2.24) is 0 Å². The molecular formula is C9H12O4. The van der Waals surface area contributed by atoms with Crippen LogP contribution < -0.4 is 0 Å². The van der Waals surface area contributed by atoms with Crippen molar-refractivity contribution in [2.45, 2.75) is 12.8 Å². The van der Waals surface area contributed by atoms with E-state index in [-0.39, 0.29) is 0 Å². The first-order valence-corrected chi connectivity index (χ1v) is 4.14. The minimum Gasteiger partial charge on any atom is -0.481 e. The molecule has 2 atom stereocenters. The van der Waals surface area contributed by atoms with Crippen LogP contribution in [0.4, 0.5) is 0 Å². The highest BCUT2D eigenvalue weighted by atomic mass is 16.5. The van der Waals surface area contributed by atoms with Gasteiger partial charge in [0, 0.05) is 0 Å². The second-order valence-electron chi connectivity index (χ2n) is 3.00. The van der Waals surface area contributed by atoms with Gasteiger partial charge in [-0.1, -0.05) is 12.2 Å². The number of aliphatic carboxylic acids is 1. The van der Waals surface area contributed by atoms with Gasteiger partial charge in [-0.15, -0.1) is 0 Å². The number of hydrogen-bond acceptors (Lipinski definition) is 3. The number of carbonyl (C=O) groups is 2. The van der Waals surface area contributed by atoms with E-state index in [1.165, 1.54) is 7.11 Å². The summed E-state index contributed by atoms with van der Waals surface area (Å²) in [5, 5.41) is 8.79. The number of ether oxygens (including phenoxy) is 1. The summed E-state index contributed by atoms with van der Waals surface area (Å²) >= 11 is 0. The fourth-order valence-electron chi connectivity index (χ4n) is 1.50. The molecule has 72 valence electrons. The average molecular weight is 184 g/mol. The molecule has 0 aromatic rings. The molecule has 0 bridgehead atoms. The van der Waals surface area contributed by atoms with Crippen LogP contribution >= 0.6 is 0 Å². The van der Waals surface area contributed by atoms with Crippen molar-refractivity contribution in [3.63, 3.8) is 0 Å². The van der Waals surface area contributed by atoms with Gasteiger partial charge in [0.05, 0.1) is 18.9 Å². The molecule has 0 aliphatic heterocycles. The lowest BCUT2D eigenvalue weighted by molar-refractivity contribution is -0.154. The first kappa shape index (κ1) is 9.77. The first-order chi connectivity index (χ1) is 6.16. The van der Waals surface area contributed by atoms with Gasteiger partial charge < -0.3 is 9.84 Å². The van der Waals surface area contributed by atoms with Crippen molar-refractivity contribution in [3.8, 4) is 0 Å². The van der Waals surface area contributed by atoms with Crippen LogP contribution in [0.5, 0.6) is 0 Å². The Balaban J connectivity index is 2.77. The van der Waals surface area contributed by atoms with E-state index in [9.17, 15) is 9.59 Å². The summed E-state index contributed by atoms with van der Waals surface area (Å²) in [5.41, 5.74) is 0. The fourth-order valence-corrected chi connectivity index (χ4v) is 1.50. The zero-order chi connectivity index (χ0) is 9.84. The number of allylic oxidation sites excluding steroid dienone is 1. The Labute approximate surface area is 76.2 Å². The maximum atomic E-state index is 11.2. The second-order valence-corrected chi connectivity index (χ2v) is 3.00. The van der Waals surface area contributed by atoms with Crippen molar-refractivity contribution in [1.29, 1.82) is 0 Å². The summed E-state index contributed by atoms with van der Waals surface area (Å²) in [7, 11) is 1.28. The molecule has 1 rings (SSSR count). The molecule has 0 fully saturated rings. The summed E-state index contributed by atoms with van der Waals surface area (Å²) in [6.07, 6.45) is 4.65. The number of rotatable bonds is 2. The van der Waals surface area contributed by atoms with Crippen LogP contribution in [-0.4, -0.2) is 24.2 Å². The zero-order valence-electron chi connectivity index (χ0n) is 7.40. The second kappa shape index (κ2) is 4.07. The Bertz CT molecular complexity index is 244. The van der Waals surface area contributed by atoms with Gasteiger partial charge in [0.15, 0.2) is 0 Å². The van der Waals surface area contributed by atoms with Crippen molar-refractivity contribution in [2.24, 2.45) is 11.8 Å². The molecule has 0 aromatic carbocycles. The van der Waals surface area contributed by atoms with Gasteiger partial charge >= 0.3 is 11.9 Å². The molecule has 4 nitrogen and oxygen atoms in total. The highest BCUT2D eigenvalue weighted by Gasteiger charge is 2.33. The predicted octanol–water partition coefficient (Wildman–Crippen LogP) is 0.826. The Morgan fingerprint density at radius 2 is 2.23 bits per heavy atom. The summed E-state index contributed by atoms with van der Waals surface area (Å²) in [6, 6.07) is 0. The molecule has 1 aliphatic rings. The van der Waals surface area contributed by atoms with E-state index >= 15 is 0 Å². The van der Waals surface area contributed by atoms with Crippen LogP contribution in [0.15, 0.2) is 12.2 Å². The van der Waals surface area contributed by atoms with E-state index in [4.69, 9.17) is 5.11 Å². The monoisotopic (exact) mass is 184 g/mol. The molecule has 2 unspecified atom stereocenters. The summed E-state index contributed by atoms with van der Waals surface area (Å²) < 4.78 is 4.53. The first-order valence-electron chi connectivity index (χ1n) is 4.14. The van der Waals surface area contributed by atoms with Crippen LogP contribution in [0.25, 0.3) is 0 Å². The van der Waals surface area contributed by atoms with Crippen LogP contribution in [-0.2, 0) is 14.3 Å². The number of carbonyl (C=O) groups excluding carboxylic acids is 1. The molecule has 0 aromatic heterocycles. The summed E-state index contributed by atoms with van der Waals surface area (Å²) in [6.45, 7) is 0. The molecule has 0 radical (unpaired) electrons. The minimum absolute atomic E-state index is 0.434. The van der Waals surface area contributed by atoms with Gasteiger partial charge in [-0.25, -0.2) is 0 Å². The van der Waals surface area contributed by atoms with Crippen LogP contribution in [0.2, 0.25) is 0 Å². The Kier molecular flexibility index (Phi) is 3.06. The van der Waals surface area contributed by atoms with Crippen molar-refractivity contribution < 1.29 is 19.4 Å². The third-order valence-electron chi connectivity index (χ3n) is 2.21. The average Bonchev–Trinajstić information content (AvgIpc) is 2.16. The number of esters is 1. The van der Waals surface area contributed by atoms with Gasteiger partial charge in [-0.3, -0.25) is 9.59 Å². The fraction of sp³-hybridized carbons (Fsp3) is 0.556. The molecule has 0 saturated carbocycles. The molecule has 0 saturated heterocycles. The largest absolute Gasteiger partial charge is 0.481 e. The van der Waals surface area contributed by atoms with E-state index < -0.39 is 23.8 Å². The maximum Gasteiger partial charge on any atom is 0.311 e. The molecule has 4 heteroatoms. The quantitative estimate of drug-likeness (QED) is 0.510. The van der Waals surface area contributed by atoms with Gasteiger partial charge in [-0.2, -0.15) is 0 Å². The molecule has 1 N–H and O–H groups in total.